The van der Waals surface area contributed by atoms with Crippen LogP contribution in [0.25, 0.3) is 11.0 Å². The van der Waals surface area contributed by atoms with Crippen molar-refractivity contribution in [2.24, 2.45) is 0 Å². The lowest BCUT2D eigenvalue weighted by atomic mass is 10.3. The van der Waals surface area contributed by atoms with Crippen molar-refractivity contribution in [1.29, 1.82) is 0 Å². The zero-order chi connectivity index (χ0) is 12.5. The predicted octanol–water partition coefficient (Wildman–Crippen LogP) is 3.47. The van der Waals surface area contributed by atoms with Gasteiger partial charge >= 0.3 is 0 Å². The van der Waals surface area contributed by atoms with E-state index in [0.29, 0.717) is 15.9 Å². The maximum absolute atomic E-state index is 5.98. The molecule has 0 atom stereocenters. The number of nitrogens with zero attached hydrogens (tertiary/aromatic N) is 3. The van der Waals surface area contributed by atoms with Gasteiger partial charge in [-0.3, -0.25) is 9.82 Å². The van der Waals surface area contributed by atoms with Crippen molar-refractivity contribution in [2.75, 3.05) is 18.2 Å². The van der Waals surface area contributed by atoms with Gasteiger partial charge in [0.05, 0.1) is 33.9 Å². The maximum Gasteiger partial charge on any atom is 0.171 e. The van der Waals surface area contributed by atoms with Gasteiger partial charge in [-0.25, -0.2) is 10.0 Å². The highest BCUT2D eigenvalue weighted by atomic mass is 35.5. The van der Waals surface area contributed by atoms with E-state index in [1.54, 1.807) is 23.4 Å². The van der Waals surface area contributed by atoms with Crippen LogP contribution in [-0.2, 0) is 4.84 Å². The average molecular weight is 284 g/mol. The summed E-state index contributed by atoms with van der Waals surface area (Å²) in [4.78, 5) is 14.4. The van der Waals surface area contributed by atoms with Crippen LogP contribution in [0.3, 0.4) is 0 Å². The van der Waals surface area contributed by atoms with Crippen LogP contribution < -0.4 is 5.06 Å². The van der Waals surface area contributed by atoms with Gasteiger partial charge in [-0.2, -0.15) is 0 Å². The van der Waals surface area contributed by atoms with Gasteiger partial charge in [-0.15, -0.1) is 0 Å². The summed E-state index contributed by atoms with van der Waals surface area (Å²) >= 11 is 11.9. The van der Waals surface area contributed by atoms with Gasteiger partial charge in [-0.1, -0.05) is 23.2 Å². The molecule has 0 aliphatic carbocycles. The Kier molecular flexibility index (Phi) is 3.24. The van der Waals surface area contributed by atoms with E-state index in [1.807, 2.05) is 0 Å². The molecule has 1 aliphatic rings. The normalized spacial score (nSPS) is 16.2. The maximum atomic E-state index is 5.98. The second-order valence-corrected chi connectivity index (χ2v) is 4.94. The van der Waals surface area contributed by atoms with Crippen molar-refractivity contribution in [2.45, 2.75) is 12.8 Å². The molecule has 1 fully saturated rings. The number of benzene rings is 1. The van der Waals surface area contributed by atoms with Crippen molar-refractivity contribution in [3.05, 3.63) is 28.4 Å². The number of hydrogen-bond donors (Lipinski definition) is 0. The zero-order valence-electron chi connectivity index (χ0n) is 9.57. The number of fused-ring (bicyclic) bond motifs is 1. The minimum Gasteiger partial charge on any atom is -0.272 e. The van der Waals surface area contributed by atoms with Gasteiger partial charge in [0.1, 0.15) is 0 Å². The number of halogens is 2. The first-order chi connectivity index (χ1) is 8.74. The molecule has 0 amide bonds. The molecular weight excluding hydrogens is 273 g/mol. The minimum absolute atomic E-state index is 0.482. The third-order valence-electron chi connectivity index (χ3n) is 2.83. The highest BCUT2D eigenvalue weighted by Crippen LogP contribution is 2.27. The largest absolute Gasteiger partial charge is 0.272 e. The molecule has 1 aliphatic heterocycles. The molecule has 0 N–H and O–H groups in total. The Hall–Kier alpha value is -1.10. The van der Waals surface area contributed by atoms with Gasteiger partial charge in [0, 0.05) is 6.54 Å². The highest BCUT2D eigenvalue weighted by Gasteiger charge is 2.14. The topological polar surface area (TPSA) is 38.2 Å². The molecule has 0 spiro atoms. The Morgan fingerprint density at radius 2 is 1.89 bits per heavy atom. The van der Waals surface area contributed by atoms with Crippen molar-refractivity contribution >= 4 is 40.1 Å². The Morgan fingerprint density at radius 1 is 1.11 bits per heavy atom. The van der Waals surface area contributed by atoms with Crippen molar-refractivity contribution in [1.82, 2.24) is 9.97 Å². The Balaban J connectivity index is 2.02. The summed E-state index contributed by atoms with van der Waals surface area (Å²) in [5, 5.41) is 2.74. The number of rotatable bonds is 1. The standard InChI is InChI=1S/C12H11Cl2N3O/c13-8-5-10-11(6-9(8)14)16-12(7-15-10)17-3-1-2-4-18-17/h5-7H,1-4H2. The predicted molar refractivity (Wildman–Crippen MR) is 72.1 cm³/mol. The van der Waals surface area contributed by atoms with Gasteiger partial charge in [0.2, 0.25) is 0 Å². The first-order valence-corrected chi connectivity index (χ1v) is 6.52. The number of aromatic nitrogens is 2. The molecule has 6 heteroatoms. The van der Waals surface area contributed by atoms with Crippen molar-refractivity contribution in [3.63, 3.8) is 0 Å². The van der Waals surface area contributed by atoms with Crippen molar-refractivity contribution in [3.8, 4) is 0 Å². The SMILES string of the molecule is Clc1cc2ncc(N3CCCCO3)nc2cc1Cl. The molecule has 0 bridgehead atoms. The van der Waals surface area contributed by atoms with Crippen LogP contribution in [0.4, 0.5) is 5.82 Å². The minimum atomic E-state index is 0.482. The second kappa shape index (κ2) is 4.88. The Labute approximate surface area is 114 Å². The molecule has 2 aromatic rings. The smallest absolute Gasteiger partial charge is 0.171 e. The Bertz CT molecular complexity index is 585. The van der Waals surface area contributed by atoms with Crippen LogP contribution in [0.1, 0.15) is 12.8 Å². The van der Waals surface area contributed by atoms with Crippen LogP contribution in [-0.4, -0.2) is 23.1 Å². The second-order valence-electron chi connectivity index (χ2n) is 4.13. The lowest BCUT2D eigenvalue weighted by Crippen LogP contribution is -2.30. The number of hydroxylamine groups is 1. The quantitative estimate of drug-likeness (QED) is 0.803. The molecule has 2 heterocycles. The van der Waals surface area contributed by atoms with E-state index in [9.17, 15) is 0 Å². The van der Waals surface area contributed by atoms with Crippen LogP contribution in [0.15, 0.2) is 18.3 Å². The third-order valence-corrected chi connectivity index (χ3v) is 3.55. The highest BCUT2D eigenvalue weighted by molar-refractivity contribution is 6.42. The molecule has 0 saturated carbocycles. The molecule has 1 saturated heterocycles. The third kappa shape index (κ3) is 2.23. The Morgan fingerprint density at radius 3 is 2.61 bits per heavy atom. The van der Waals surface area contributed by atoms with Crippen LogP contribution in [0, 0.1) is 0 Å². The van der Waals surface area contributed by atoms with Gasteiger partial charge in [-0.05, 0) is 25.0 Å². The summed E-state index contributed by atoms with van der Waals surface area (Å²) in [6.07, 6.45) is 3.87. The van der Waals surface area contributed by atoms with E-state index in [-0.39, 0.29) is 0 Å². The molecule has 3 rings (SSSR count). The van der Waals surface area contributed by atoms with E-state index in [2.05, 4.69) is 9.97 Å². The van der Waals surface area contributed by atoms with Crippen LogP contribution in [0.5, 0.6) is 0 Å². The molecule has 4 nitrogen and oxygen atoms in total. The summed E-state index contributed by atoms with van der Waals surface area (Å²) in [7, 11) is 0. The summed E-state index contributed by atoms with van der Waals surface area (Å²) in [6.45, 7) is 1.56. The molecule has 1 aromatic heterocycles. The monoisotopic (exact) mass is 283 g/mol. The number of hydrogen-bond acceptors (Lipinski definition) is 4. The van der Waals surface area contributed by atoms with E-state index in [4.69, 9.17) is 28.0 Å². The molecule has 0 unspecified atom stereocenters. The number of anilines is 1. The fourth-order valence-corrected chi connectivity index (χ4v) is 2.21. The van der Waals surface area contributed by atoms with Crippen LogP contribution in [0.2, 0.25) is 10.0 Å². The fraction of sp³-hybridized carbons (Fsp3) is 0.333. The summed E-state index contributed by atoms with van der Waals surface area (Å²) in [5.74, 6) is 0.709. The summed E-state index contributed by atoms with van der Waals surface area (Å²) in [6, 6.07) is 3.44. The van der Waals surface area contributed by atoms with Gasteiger partial charge in [0.15, 0.2) is 5.82 Å². The molecule has 94 valence electrons. The average Bonchev–Trinajstić information content (AvgIpc) is 2.41. The van der Waals surface area contributed by atoms with E-state index in [0.717, 1.165) is 37.0 Å². The molecular formula is C12H11Cl2N3O. The van der Waals surface area contributed by atoms with E-state index < -0.39 is 0 Å². The van der Waals surface area contributed by atoms with Crippen LogP contribution >= 0.6 is 23.2 Å². The lowest BCUT2D eigenvalue weighted by molar-refractivity contribution is 0.0761. The van der Waals surface area contributed by atoms with Crippen molar-refractivity contribution < 1.29 is 4.84 Å². The van der Waals surface area contributed by atoms with E-state index >= 15 is 0 Å². The summed E-state index contributed by atoms with van der Waals surface area (Å²) in [5.41, 5.74) is 1.45. The molecule has 1 aromatic carbocycles. The first-order valence-electron chi connectivity index (χ1n) is 5.76. The fourth-order valence-electron chi connectivity index (χ4n) is 1.90. The first kappa shape index (κ1) is 12.0. The molecule has 18 heavy (non-hydrogen) atoms. The summed E-state index contributed by atoms with van der Waals surface area (Å²) < 4.78 is 0. The van der Waals surface area contributed by atoms with Gasteiger partial charge in [0.25, 0.3) is 0 Å². The van der Waals surface area contributed by atoms with E-state index in [1.165, 1.54) is 0 Å². The molecule has 0 radical (unpaired) electrons. The lowest BCUT2D eigenvalue weighted by Gasteiger charge is -2.26. The van der Waals surface area contributed by atoms with Gasteiger partial charge < -0.3 is 0 Å². The zero-order valence-corrected chi connectivity index (χ0v) is 11.1.